The first kappa shape index (κ1) is 17.9. The summed E-state index contributed by atoms with van der Waals surface area (Å²) in [5.74, 6) is -0.317. The number of ether oxygens (including phenoxy) is 2. The van der Waals surface area contributed by atoms with Gasteiger partial charge in [-0.1, -0.05) is 12.1 Å². The molecule has 0 spiro atoms. The Morgan fingerprint density at radius 2 is 2.28 bits per heavy atom. The van der Waals surface area contributed by atoms with E-state index in [0.717, 1.165) is 50.1 Å². The number of hydrogen-bond donors (Lipinski definition) is 1. The van der Waals surface area contributed by atoms with Gasteiger partial charge in [0.1, 0.15) is 0 Å². The molecule has 0 saturated carbocycles. The molecule has 6 nitrogen and oxygen atoms in total. The van der Waals surface area contributed by atoms with Crippen LogP contribution in [0.5, 0.6) is 0 Å². The molecule has 1 amide bonds. The van der Waals surface area contributed by atoms with Crippen molar-refractivity contribution in [2.75, 3.05) is 33.4 Å². The summed E-state index contributed by atoms with van der Waals surface area (Å²) < 4.78 is 10.4. The van der Waals surface area contributed by atoms with E-state index in [1.165, 1.54) is 12.7 Å². The number of nitrogens with one attached hydrogen (secondary N) is 1. The maximum absolute atomic E-state index is 13.2. The molecule has 1 fully saturated rings. The highest BCUT2D eigenvalue weighted by atomic mass is 16.5. The lowest BCUT2D eigenvalue weighted by Gasteiger charge is -2.27. The number of carbonyl (C=O) groups excluding carboxylic acids is 2. The van der Waals surface area contributed by atoms with E-state index in [0.29, 0.717) is 13.1 Å². The van der Waals surface area contributed by atoms with Gasteiger partial charge in [0, 0.05) is 31.8 Å². The van der Waals surface area contributed by atoms with E-state index >= 15 is 0 Å². The van der Waals surface area contributed by atoms with Crippen molar-refractivity contribution < 1.29 is 19.1 Å². The van der Waals surface area contributed by atoms with Crippen LogP contribution in [0, 0.1) is 0 Å². The van der Waals surface area contributed by atoms with Crippen molar-refractivity contribution in [3.05, 3.63) is 34.9 Å². The Hall–Kier alpha value is -1.92. The van der Waals surface area contributed by atoms with Gasteiger partial charge in [-0.05, 0) is 43.0 Å². The Balaban J connectivity index is 1.78. The molecule has 2 aliphatic heterocycles. The molecule has 3 rings (SSSR count). The minimum Gasteiger partial charge on any atom is -0.469 e. The molecule has 136 valence electrons. The monoisotopic (exact) mass is 346 g/mol. The van der Waals surface area contributed by atoms with Crippen LogP contribution in [-0.4, -0.2) is 56.2 Å². The van der Waals surface area contributed by atoms with Gasteiger partial charge < -0.3 is 19.7 Å². The molecule has 2 aliphatic rings. The number of nitrogens with zero attached hydrogens (tertiary/aromatic N) is 1. The minimum absolute atomic E-state index is 0.0156. The van der Waals surface area contributed by atoms with Crippen molar-refractivity contribution in [1.82, 2.24) is 10.2 Å². The second-order valence-corrected chi connectivity index (χ2v) is 6.58. The van der Waals surface area contributed by atoms with Gasteiger partial charge in [-0.25, -0.2) is 0 Å². The van der Waals surface area contributed by atoms with Crippen LogP contribution in [0.15, 0.2) is 18.2 Å². The van der Waals surface area contributed by atoms with Crippen LogP contribution in [0.4, 0.5) is 0 Å². The topological polar surface area (TPSA) is 67.9 Å². The Labute approximate surface area is 148 Å². The lowest BCUT2D eigenvalue weighted by molar-refractivity contribution is -0.140. The predicted octanol–water partition coefficient (Wildman–Crippen LogP) is 1.52. The lowest BCUT2D eigenvalue weighted by atomic mass is 9.94. The van der Waals surface area contributed by atoms with E-state index < -0.39 is 0 Å². The van der Waals surface area contributed by atoms with E-state index in [2.05, 4.69) is 11.4 Å². The predicted molar refractivity (Wildman–Crippen MR) is 93.4 cm³/mol. The molecule has 2 heterocycles. The van der Waals surface area contributed by atoms with Crippen molar-refractivity contribution >= 4 is 11.9 Å². The Morgan fingerprint density at radius 1 is 1.40 bits per heavy atom. The third kappa shape index (κ3) is 4.38. The highest BCUT2D eigenvalue weighted by molar-refractivity contribution is 5.96. The number of hydrogen-bond acceptors (Lipinski definition) is 5. The fourth-order valence-corrected chi connectivity index (χ4v) is 3.54. The summed E-state index contributed by atoms with van der Waals surface area (Å²) in [7, 11) is 1.37. The summed E-state index contributed by atoms with van der Waals surface area (Å²) in [6.07, 6.45) is 3.09. The van der Waals surface area contributed by atoms with Gasteiger partial charge >= 0.3 is 5.97 Å². The summed E-state index contributed by atoms with van der Waals surface area (Å²) in [5, 5.41) is 3.34. The van der Waals surface area contributed by atoms with E-state index in [-0.39, 0.29) is 24.4 Å². The zero-order valence-electron chi connectivity index (χ0n) is 14.8. The van der Waals surface area contributed by atoms with E-state index in [1.54, 1.807) is 4.90 Å². The molecule has 1 saturated heterocycles. The number of benzene rings is 1. The second kappa shape index (κ2) is 8.45. The van der Waals surface area contributed by atoms with Gasteiger partial charge in [0.05, 0.1) is 19.6 Å². The molecule has 25 heavy (non-hydrogen) atoms. The summed E-state index contributed by atoms with van der Waals surface area (Å²) in [6, 6.07) is 5.90. The number of esters is 1. The molecule has 6 heteroatoms. The average Bonchev–Trinajstić information content (AvgIpc) is 3.17. The molecular formula is C19H26N2O4. The van der Waals surface area contributed by atoms with Crippen molar-refractivity contribution in [2.24, 2.45) is 0 Å². The van der Waals surface area contributed by atoms with Gasteiger partial charge in [-0.2, -0.15) is 0 Å². The van der Waals surface area contributed by atoms with Crippen LogP contribution in [0.25, 0.3) is 0 Å². The largest absolute Gasteiger partial charge is 0.469 e. The fraction of sp³-hybridized carbons (Fsp3) is 0.579. The Morgan fingerprint density at radius 3 is 3.04 bits per heavy atom. The van der Waals surface area contributed by atoms with Crippen molar-refractivity contribution in [3.8, 4) is 0 Å². The molecule has 0 aromatic heterocycles. The highest BCUT2D eigenvalue weighted by Crippen LogP contribution is 2.22. The van der Waals surface area contributed by atoms with Crippen LogP contribution >= 0.6 is 0 Å². The van der Waals surface area contributed by atoms with Crippen LogP contribution in [0.2, 0.25) is 0 Å². The minimum atomic E-state index is -0.301. The summed E-state index contributed by atoms with van der Waals surface area (Å²) in [4.78, 5) is 26.5. The van der Waals surface area contributed by atoms with Crippen LogP contribution in [0.3, 0.4) is 0 Å². The smallest absolute Gasteiger partial charge is 0.307 e. The van der Waals surface area contributed by atoms with E-state index in [9.17, 15) is 9.59 Å². The zero-order chi connectivity index (χ0) is 17.6. The molecule has 0 bridgehead atoms. The fourth-order valence-electron chi connectivity index (χ4n) is 3.54. The van der Waals surface area contributed by atoms with Gasteiger partial charge in [-0.3, -0.25) is 9.59 Å². The van der Waals surface area contributed by atoms with E-state index in [4.69, 9.17) is 9.47 Å². The Kier molecular flexibility index (Phi) is 6.04. The van der Waals surface area contributed by atoms with Crippen molar-refractivity contribution in [1.29, 1.82) is 0 Å². The van der Waals surface area contributed by atoms with Crippen molar-refractivity contribution in [2.45, 2.75) is 38.3 Å². The molecular weight excluding hydrogens is 320 g/mol. The first-order chi connectivity index (χ1) is 12.2. The Bertz CT molecular complexity index is 626. The zero-order valence-corrected chi connectivity index (χ0v) is 14.8. The molecule has 1 atom stereocenters. The number of fused-ring (bicyclic) bond motifs is 1. The molecule has 1 unspecified atom stereocenters. The van der Waals surface area contributed by atoms with Gasteiger partial charge in [0.15, 0.2) is 0 Å². The van der Waals surface area contributed by atoms with Crippen LogP contribution in [-0.2, 0) is 27.2 Å². The van der Waals surface area contributed by atoms with Gasteiger partial charge in [0.25, 0.3) is 5.91 Å². The number of carbonyl (C=O) groups is 2. The van der Waals surface area contributed by atoms with E-state index in [1.807, 2.05) is 12.1 Å². The van der Waals surface area contributed by atoms with Gasteiger partial charge in [-0.15, -0.1) is 0 Å². The first-order valence-electron chi connectivity index (χ1n) is 8.98. The molecule has 0 radical (unpaired) electrons. The maximum atomic E-state index is 13.2. The normalized spacial score (nSPS) is 19.3. The standard InChI is InChI=1S/C19H26N2O4/c1-24-18(22)8-10-21(13-15-5-3-11-25-15)19(23)17-6-2-4-14-12-20-9-7-16(14)17/h2,4,6,15,20H,3,5,7-13H2,1H3. The van der Waals surface area contributed by atoms with Crippen LogP contribution in [0.1, 0.15) is 40.7 Å². The average molecular weight is 346 g/mol. The highest BCUT2D eigenvalue weighted by Gasteiger charge is 2.26. The third-order valence-corrected chi connectivity index (χ3v) is 4.92. The quantitative estimate of drug-likeness (QED) is 0.791. The maximum Gasteiger partial charge on any atom is 0.307 e. The number of rotatable bonds is 6. The summed E-state index contributed by atoms with van der Waals surface area (Å²) in [5.41, 5.74) is 3.06. The van der Waals surface area contributed by atoms with Crippen LogP contribution < -0.4 is 5.32 Å². The molecule has 1 aromatic rings. The summed E-state index contributed by atoms with van der Waals surface area (Å²) >= 11 is 0. The van der Waals surface area contributed by atoms with Crippen molar-refractivity contribution in [3.63, 3.8) is 0 Å². The van der Waals surface area contributed by atoms with Gasteiger partial charge in [0.2, 0.25) is 0 Å². The molecule has 1 N–H and O–H groups in total. The number of methoxy groups -OCH3 is 1. The summed E-state index contributed by atoms with van der Waals surface area (Å²) in [6.45, 7) is 3.30. The lowest BCUT2D eigenvalue weighted by Crippen LogP contribution is -2.40. The third-order valence-electron chi connectivity index (χ3n) is 4.92. The first-order valence-corrected chi connectivity index (χ1v) is 8.98. The second-order valence-electron chi connectivity index (χ2n) is 6.58. The number of amides is 1. The SMILES string of the molecule is COC(=O)CCN(CC1CCCO1)C(=O)c1cccc2c1CCNC2. The molecule has 1 aromatic carbocycles. The molecule has 0 aliphatic carbocycles.